The first-order valence-corrected chi connectivity index (χ1v) is 7.54. The highest BCUT2D eigenvalue weighted by atomic mass is 19.1. The molecular weight excluding hydrogens is 299 g/mol. The number of fused-ring (bicyclic) bond motifs is 1. The monoisotopic (exact) mass is 318 g/mol. The van der Waals surface area contributed by atoms with Crippen molar-refractivity contribution in [1.29, 1.82) is 0 Å². The van der Waals surface area contributed by atoms with E-state index < -0.39 is 5.97 Å². The van der Waals surface area contributed by atoms with E-state index in [1.807, 2.05) is 0 Å². The minimum Gasteiger partial charge on any atom is -0.481 e. The lowest BCUT2D eigenvalue weighted by atomic mass is 10.1. The third-order valence-electron chi connectivity index (χ3n) is 3.57. The lowest BCUT2D eigenvalue weighted by Gasteiger charge is -2.09. The molecular formula is C17H19FN2O3. The number of hydrogen-bond acceptors (Lipinski definition) is 3. The number of carbonyl (C=O) groups is 2. The number of aryl methyl sites for hydroxylation is 1. The first-order chi connectivity index (χ1) is 11.0. The first kappa shape index (κ1) is 16.9. The molecule has 0 fully saturated rings. The molecule has 1 aromatic carbocycles. The van der Waals surface area contributed by atoms with Gasteiger partial charge in [0.05, 0.1) is 16.8 Å². The lowest BCUT2D eigenvalue weighted by Crippen LogP contribution is -2.25. The molecule has 1 aromatic heterocycles. The SMILES string of the molecule is Cc1nc2cc(F)ccc2cc1C(=O)NCCCCCC(=O)O. The summed E-state index contributed by atoms with van der Waals surface area (Å²) >= 11 is 0. The van der Waals surface area contributed by atoms with E-state index in [-0.39, 0.29) is 18.1 Å². The topological polar surface area (TPSA) is 79.3 Å². The molecule has 0 aliphatic heterocycles. The summed E-state index contributed by atoms with van der Waals surface area (Å²) in [4.78, 5) is 26.9. The summed E-state index contributed by atoms with van der Waals surface area (Å²) in [5.74, 6) is -1.38. The van der Waals surface area contributed by atoms with Gasteiger partial charge >= 0.3 is 5.97 Å². The van der Waals surface area contributed by atoms with Crippen LogP contribution < -0.4 is 5.32 Å². The number of carbonyl (C=O) groups excluding carboxylic acids is 1. The molecule has 2 aromatic rings. The Labute approximate surface area is 133 Å². The Bertz CT molecular complexity index is 731. The molecule has 2 N–H and O–H groups in total. The number of aliphatic carboxylic acids is 1. The molecule has 5 nitrogen and oxygen atoms in total. The van der Waals surface area contributed by atoms with Gasteiger partial charge in [-0.15, -0.1) is 0 Å². The zero-order valence-electron chi connectivity index (χ0n) is 12.9. The van der Waals surface area contributed by atoms with E-state index in [1.54, 1.807) is 19.1 Å². The fourth-order valence-corrected chi connectivity index (χ4v) is 2.34. The maximum Gasteiger partial charge on any atom is 0.303 e. The number of hydrogen-bond donors (Lipinski definition) is 2. The van der Waals surface area contributed by atoms with Gasteiger partial charge in [-0.1, -0.05) is 6.42 Å². The molecule has 0 radical (unpaired) electrons. The number of benzene rings is 1. The second-order valence-corrected chi connectivity index (χ2v) is 5.42. The molecule has 0 unspecified atom stereocenters. The van der Waals surface area contributed by atoms with E-state index in [1.165, 1.54) is 12.1 Å². The zero-order chi connectivity index (χ0) is 16.8. The van der Waals surface area contributed by atoms with Crippen LogP contribution in [0.3, 0.4) is 0 Å². The molecule has 0 bridgehead atoms. The Kier molecular flexibility index (Phi) is 5.62. The Morgan fingerprint density at radius 1 is 1.22 bits per heavy atom. The Balaban J connectivity index is 1.94. The van der Waals surface area contributed by atoms with Crippen LogP contribution in [0.5, 0.6) is 0 Å². The highest BCUT2D eigenvalue weighted by Crippen LogP contribution is 2.17. The fourth-order valence-electron chi connectivity index (χ4n) is 2.34. The van der Waals surface area contributed by atoms with Crippen LogP contribution in [0.4, 0.5) is 4.39 Å². The smallest absolute Gasteiger partial charge is 0.303 e. The van der Waals surface area contributed by atoms with E-state index in [0.717, 1.165) is 12.8 Å². The second-order valence-electron chi connectivity index (χ2n) is 5.42. The molecule has 122 valence electrons. The molecule has 23 heavy (non-hydrogen) atoms. The molecule has 2 rings (SSSR count). The Hall–Kier alpha value is -2.50. The number of amides is 1. The van der Waals surface area contributed by atoms with Gasteiger partial charge in [0.15, 0.2) is 0 Å². The maximum absolute atomic E-state index is 13.2. The van der Waals surface area contributed by atoms with Gasteiger partial charge in [-0.2, -0.15) is 0 Å². The normalized spacial score (nSPS) is 10.7. The zero-order valence-corrected chi connectivity index (χ0v) is 12.9. The third-order valence-corrected chi connectivity index (χ3v) is 3.57. The van der Waals surface area contributed by atoms with Crippen LogP contribution >= 0.6 is 0 Å². The van der Waals surface area contributed by atoms with Gasteiger partial charge in [0.1, 0.15) is 5.82 Å². The standard InChI is InChI=1S/C17H19FN2O3/c1-11-14(9-12-6-7-13(18)10-15(12)20-11)17(23)19-8-4-2-3-5-16(21)22/h6-7,9-10H,2-5,8H2,1H3,(H,19,23)(H,21,22). The van der Waals surface area contributed by atoms with Crippen LogP contribution in [0.1, 0.15) is 41.7 Å². The minimum atomic E-state index is -0.802. The van der Waals surface area contributed by atoms with Crippen LogP contribution in [0.15, 0.2) is 24.3 Å². The molecule has 0 aliphatic rings. The van der Waals surface area contributed by atoms with Gasteiger partial charge in [0, 0.05) is 24.4 Å². The van der Waals surface area contributed by atoms with E-state index in [9.17, 15) is 14.0 Å². The number of aromatic nitrogens is 1. The van der Waals surface area contributed by atoms with Crippen molar-refractivity contribution in [2.45, 2.75) is 32.6 Å². The number of pyridine rings is 1. The van der Waals surface area contributed by atoms with Crippen LogP contribution in [0.2, 0.25) is 0 Å². The Morgan fingerprint density at radius 2 is 2.00 bits per heavy atom. The number of rotatable bonds is 7. The summed E-state index contributed by atoms with van der Waals surface area (Å²) in [5.41, 5.74) is 1.54. The van der Waals surface area contributed by atoms with Gasteiger partial charge in [-0.25, -0.2) is 4.39 Å². The molecule has 0 atom stereocenters. The number of nitrogens with zero attached hydrogens (tertiary/aromatic N) is 1. The van der Waals surface area contributed by atoms with E-state index >= 15 is 0 Å². The van der Waals surface area contributed by atoms with E-state index in [4.69, 9.17) is 5.11 Å². The second kappa shape index (κ2) is 7.67. The maximum atomic E-state index is 13.2. The molecule has 6 heteroatoms. The summed E-state index contributed by atoms with van der Waals surface area (Å²) < 4.78 is 13.2. The van der Waals surface area contributed by atoms with Gasteiger partial charge in [-0.05, 0) is 38.0 Å². The van der Waals surface area contributed by atoms with Crippen molar-refractivity contribution >= 4 is 22.8 Å². The van der Waals surface area contributed by atoms with Crippen LogP contribution in [-0.2, 0) is 4.79 Å². The first-order valence-electron chi connectivity index (χ1n) is 7.54. The quantitative estimate of drug-likeness (QED) is 0.769. The number of carboxylic acids is 1. The average Bonchev–Trinajstić information content (AvgIpc) is 2.49. The summed E-state index contributed by atoms with van der Waals surface area (Å²) in [6, 6.07) is 5.98. The predicted molar refractivity (Wildman–Crippen MR) is 84.9 cm³/mol. The van der Waals surface area contributed by atoms with Gasteiger partial charge in [0.25, 0.3) is 5.91 Å². The molecule has 0 spiro atoms. The van der Waals surface area contributed by atoms with Gasteiger partial charge < -0.3 is 10.4 Å². The van der Waals surface area contributed by atoms with Crippen molar-refractivity contribution in [3.63, 3.8) is 0 Å². The number of halogens is 1. The summed E-state index contributed by atoms with van der Waals surface area (Å²) in [6.45, 7) is 2.20. The summed E-state index contributed by atoms with van der Waals surface area (Å²) in [5, 5.41) is 12.1. The largest absolute Gasteiger partial charge is 0.481 e. The Morgan fingerprint density at radius 3 is 2.74 bits per heavy atom. The molecule has 1 amide bonds. The molecule has 0 saturated heterocycles. The molecule has 1 heterocycles. The van der Waals surface area contributed by atoms with E-state index in [2.05, 4.69) is 10.3 Å². The highest BCUT2D eigenvalue weighted by Gasteiger charge is 2.11. The minimum absolute atomic E-state index is 0.151. The lowest BCUT2D eigenvalue weighted by molar-refractivity contribution is -0.137. The van der Waals surface area contributed by atoms with Crippen molar-refractivity contribution in [3.05, 3.63) is 41.3 Å². The van der Waals surface area contributed by atoms with Crippen molar-refractivity contribution < 1.29 is 19.1 Å². The van der Waals surface area contributed by atoms with Crippen LogP contribution in [0, 0.1) is 12.7 Å². The van der Waals surface area contributed by atoms with Crippen molar-refractivity contribution in [3.8, 4) is 0 Å². The number of carboxylic acid groups (broad SMARTS) is 1. The third kappa shape index (κ3) is 4.74. The predicted octanol–water partition coefficient (Wildman–Crippen LogP) is 3.06. The summed E-state index contributed by atoms with van der Waals surface area (Å²) in [6.07, 6.45) is 2.23. The summed E-state index contributed by atoms with van der Waals surface area (Å²) in [7, 11) is 0. The molecule has 0 saturated carbocycles. The number of nitrogens with one attached hydrogen (secondary N) is 1. The van der Waals surface area contributed by atoms with Crippen LogP contribution in [-0.4, -0.2) is 28.5 Å². The van der Waals surface area contributed by atoms with E-state index in [0.29, 0.717) is 35.1 Å². The highest BCUT2D eigenvalue weighted by molar-refractivity contribution is 5.98. The van der Waals surface area contributed by atoms with Gasteiger partial charge in [-0.3, -0.25) is 14.6 Å². The molecule has 0 aliphatic carbocycles. The van der Waals surface area contributed by atoms with Crippen LogP contribution in [0.25, 0.3) is 10.9 Å². The van der Waals surface area contributed by atoms with Crippen molar-refractivity contribution in [1.82, 2.24) is 10.3 Å². The number of unbranched alkanes of at least 4 members (excludes halogenated alkanes) is 2. The van der Waals surface area contributed by atoms with Crippen molar-refractivity contribution in [2.75, 3.05) is 6.54 Å². The average molecular weight is 318 g/mol. The fraction of sp³-hybridized carbons (Fsp3) is 0.353. The van der Waals surface area contributed by atoms with Crippen molar-refractivity contribution in [2.24, 2.45) is 0 Å². The van der Waals surface area contributed by atoms with Gasteiger partial charge in [0.2, 0.25) is 0 Å².